The topological polar surface area (TPSA) is 43.8 Å². The van der Waals surface area contributed by atoms with Gasteiger partial charge in [-0.3, -0.25) is 0 Å². The molecular formula is C11H11Cl2N3. The monoisotopic (exact) mass is 255 g/mol. The number of aromatic nitrogens is 2. The Labute approximate surface area is 104 Å². The maximum atomic E-state index is 5.96. The van der Waals surface area contributed by atoms with Crippen LogP contribution in [-0.2, 0) is 6.42 Å². The number of halogens is 2. The molecule has 0 unspecified atom stereocenters. The van der Waals surface area contributed by atoms with E-state index in [2.05, 4.69) is 5.10 Å². The largest absolute Gasteiger partial charge is 0.396 e. The molecule has 0 atom stereocenters. The van der Waals surface area contributed by atoms with E-state index in [1.807, 2.05) is 13.0 Å². The summed E-state index contributed by atoms with van der Waals surface area (Å²) in [7, 11) is 0. The number of anilines is 1. The predicted octanol–water partition coefficient (Wildman–Crippen LogP) is 3.32. The second kappa shape index (κ2) is 4.36. The molecule has 1 heterocycles. The molecule has 0 spiro atoms. The summed E-state index contributed by atoms with van der Waals surface area (Å²) in [5.74, 6) is 0. The van der Waals surface area contributed by atoms with E-state index in [-0.39, 0.29) is 0 Å². The van der Waals surface area contributed by atoms with Gasteiger partial charge in [-0.15, -0.1) is 0 Å². The maximum absolute atomic E-state index is 5.96. The second-order valence-electron chi connectivity index (χ2n) is 3.41. The highest BCUT2D eigenvalue weighted by molar-refractivity contribution is 6.42. The van der Waals surface area contributed by atoms with Gasteiger partial charge in [0.2, 0.25) is 0 Å². The lowest BCUT2D eigenvalue weighted by molar-refractivity contribution is 0.815. The van der Waals surface area contributed by atoms with Crippen LogP contribution in [0.3, 0.4) is 0 Å². The zero-order chi connectivity index (χ0) is 11.7. The Morgan fingerprint density at radius 2 is 2.06 bits per heavy atom. The van der Waals surface area contributed by atoms with Gasteiger partial charge in [-0.05, 0) is 24.6 Å². The molecular weight excluding hydrogens is 245 g/mol. The third kappa shape index (κ3) is 1.88. The number of benzene rings is 1. The van der Waals surface area contributed by atoms with Crippen LogP contribution >= 0.6 is 23.2 Å². The first-order valence-electron chi connectivity index (χ1n) is 4.91. The molecule has 16 heavy (non-hydrogen) atoms. The highest BCUT2D eigenvalue weighted by atomic mass is 35.5. The number of nitrogens with two attached hydrogens (primary N) is 1. The molecule has 0 aliphatic heterocycles. The van der Waals surface area contributed by atoms with E-state index in [1.165, 1.54) is 0 Å². The first-order chi connectivity index (χ1) is 7.63. The normalized spacial score (nSPS) is 10.7. The number of hydrogen-bond acceptors (Lipinski definition) is 2. The molecule has 2 rings (SSSR count). The van der Waals surface area contributed by atoms with Crippen LogP contribution in [0.2, 0.25) is 10.0 Å². The molecule has 1 aromatic carbocycles. The minimum Gasteiger partial charge on any atom is -0.396 e. The third-order valence-electron chi connectivity index (χ3n) is 2.38. The van der Waals surface area contributed by atoms with E-state index in [1.54, 1.807) is 23.0 Å². The molecule has 84 valence electrons. The van der Waals surface area contributed by atoms with Gasteiger partial charge in [0.05, 0.1) is 33.3 Å². The molecule has 0 saturated heterocycles. The van der Waals surface area contributed by atoms with Gasteiger partial charge in [0.25, 0.3) is 0 Å². The molecule has 0 aliphatic rings. The van der Waals surface area contributed by atoms with Crippen LogP contribution in [0.4, 0.5) is 5.69 Å². The minimum absolute atomic E-state index is 0.510. The minimum atomic E-state index is 0.510. The molecule has 0 amide bonds. The van der Waals surface area contributed by atoms with Crippen molar-refractivity contribution in [2.24, 2.45) is 0 Å². The number of rotatable bonds is 2. The summed E-state index contributed by atoms with van der Waals surface area (Å²) in [4.78, 5) is 0. The fraction of sp³-hybridized carbons (Fsp3) is 0.182. The SMILES string of the molecule is CCc1c(N)cnn1-c1ccc(Cl)c(Cl)c1. The Hall–Kier alpha value is -1.19. The van der Waals surface area contributed by atoms with Gasteiger partial charge >= 0.3 is 0 Å². The van der Waals surface area contributed by atoms with Crippen molar-refractivity contribution in [1.82, 2.24) is 9.78 Å². The molecule has 1 aromatic heterocycles. The Morgan fingerprint density at radius 3 is 2.69 bits per heavy atom. The van der Waals surface area contributed by atoms with Gasteiger partial charge in [-0.1, -0.05) is 30.1 Å². The van der Waals surface area contributed by atoms with Gasteiger partial charge in [-0.25, -0.2) is 4.68 Å². The Bertz CT molecular complexity index is 520. The van der Waals surface area contributed by atoms with Crippen LogP contribution in [-0.4, -0.2) is 9.78 Å². The standard InChI is InChI=1S/C11H11Cl2N3/c1-2-11-10(14)6-15-16(11)7-3-4-8(12)9(13)5-7/h3-6H,2,14H2,1H3. The molecule has 3 nitrogen and oxygen atoms in total. The molecule has 2 N–H and O–H groups in total. The number of hydrogen-bond donors (Lipinski definition) is 1. The average Bonchev–Trinajstić information content (AvgIpc) is 2.63. The van der Waals surface area contributed by atoms with Crippen molar-refractivity contribution in [3.63, 3.8) is 0 Å². The molecule has 0 bridgehead atoms. The van der Waals surface area contributed by atoms with Crippen molar-refractivity contribution in [2.45, 2.75) is 13.3 Å². The van der Waals surface area contributed by atoms with Crippen LogP contribution in [0.15, 0.2) is 24.4 Å². The van der Waals surface area contributed by atoms with Crippen molar-refractivity contribution in [3.05, 3.63) is 40.1 Å². The van der Waals surface area contributed by atoms with E-state index < -0.39 is 0 Å². The number of nitrogen functional groups attached to an aromatic ring is 1. The maximum Gasteiger partial charge on any atom is 0.0737 e. The fourth-order valence-electron chi connectivity index (χ4n) is 1.58. The first kappa shape index (κ1) is 11.3. The summed E-state index contributed by atoms with van der Waals surface area (Å²) >= 11 is 11.8. The van der Waals surface area contributed by atoms with Gasteiger partial charge in [-0.2, -0.15) is 5.10 Å². The zero-order valence-corrected chi connectivity index (χ0v) is 10.3. The molecule has 2 aromatic rings. The van der Waals surface area contributed by atoms with Crippen LogP contribution in [0.1, 0.15) is 12.6 Å². The summed E-state index contributed by atoms with van der Waals surface area (Å²) in [6.45, 7) is 2.03. The van der Waals surface area contributed by atoms with Crippen molar-refractivity contribution >= 4 is 28.9 Å². The lowest BCUT2D eigenvalue weighted by Crippen LogP contribution is -2.02. The average molecular weight is 256 g/mol. The summed E-state index contributed by atoms with van der Waals surface area (Å²) in [6.07, 6.45) is 2.45. The summed E-state index contributed by atoms with van der Waals surface area (Å²) in [5.41, 5.74) is 8.34. The van der Waals surface area contributed by atoms with E-state index >= 15 is 0 Å². The Morgan fingerprint density at radius 1 is 1.31 bits per heavy atom. The lowest BCUT2D eigenvalue weighted by Gasteiger charge is -2.07. The third-order valence-corrected chi connectivity index (χ3v) is 3.12. The Balaban J connectivity index is 2.54. The van der Waals surface area contributed by atoms with Gasteiger partial charge < -0.3 is 5.73 Å². The quantitative estimate of drug-likeness (QED) is 0.895. The fourth-order valence-corrected chi connectivity index (χ4v) is 1.87. The first-order valence-corrected chi connectivity index (χ1v) is 5.67. The summed E-state index contributed by atoms with van der Waals surface area (Å²) in [5, 5.41) is 5.26. The molecule has 0 radical (unpaired) electrons. The van der Waals surface area contributed by atoms with Crippen molar-refractivity contribution in [2.75, 3.05) is 5.73 Å². The van der Waals surface area contributed by atoms with Crippen LogP contribution in [0.5, 0.6) is 0 Å². The smallest absolute Gasteiger partial charge is 0.0737 e. The van der Waals surface area contributed by atoms with Crippen molar-refractivity contribution < 1.29 is 0 Å². The molecule has 0 aliphatic carbocycles. The zero-order valence-electron chi connectivity index (χ0n) is 8.74. The van der Waals surface area contributed by atoms with Gasteiger partial charge in [0.1, 0.15) is 0 Å². The highest BCUT2D eigenvalue weighted by Gasteiger charge is 2.09. The van der Waals surface area contributed by atoms with Crippen LogP contribution in [0.25, 0.3) is 5.69 Å². The molecule has 0 fully saturated rings. The Kier molecular flexibility index (Phi) is 3.08. The highest BCUT2D eigenvalue weighted by Crippen LogP contribution is 2.25. The van der Waals surface area contributed by atoms with Gasteiger partial charge in [0, 0.05) is 0 Å². The van der Waals surface area contributed by atoms with E-state index in [0.29, 0.717) is 15.7 Å². The van der Waals surface area contributed by atoms with Crippen LogP contribution in [0, 0.1) is 0 Å². The summed E-state index contributed by atoms with van der Waals surface area (Å²) in [6, 6.07) is 5.38. The van der Waals surface area contributed by atoms with Gasteiger partial charge in [0.15, 0.2) is 0 Å². The predicted molar refractivity (Wildman–Crippen MR) is 67.4 cm³/mol. The van der Waals surface area contributed by atoms with Crippen LogP contribution < -0.4 is 5.73 Å². The van der Waals surface area contributed by atoms with E-state index in [9.17, 15) is 0 Å². The number of nitrogens with zero attached hydrogens (tertiary/aromatic N) is 2. The molecule has 5 heteroatoms. The second-order valence-corrected chi connectivity index (χ2v) is 4.22. The van der Waals surface area contributed by atoms with E-state index in [4.69, 9.17) is 28.9 Å². The lowest BCUT2D eigenvalue weighted by atomic mass is 10.2. The van der Waals surface area contributed by atoms with Crippen molar-refractivity contribution in [3.8, 4) is 5.69 Å². The summed E-state index contributed by atoms with van der Waals surface area (Å²) < 4.78 is 1.78. The molecule has 0 saturated carbocycles. The van der Waals surface area contributed by atoms with E-state index in [0.717, 1.165) is 17.8 Å². The van der Waals surface area contributed by atoms with Crippen molar-refractivity contribution in [1.29, 1.82) is 0 Å².